The lowest BCUT2D eigenvalue weighted by atomic mass is 10.1. The van der Waals surface area contributed by atoms with Gasteiger partial charge in [-0.1, -0.05) is 13.0 Å². The van der Waals surface area contributed by atoms with E-state index in [1.165, 1.54) is 7.11 Å². The number of hydrogen-bond donors (Lipinski definition) is 2. The van der Waals surface area contributed by atoms with Crippen LogP contribution in [-0.4, -0.2) is 30.3 Å². The second kappa shape index (κ2) is 6.80. The second-order valence-corrected chi connectivity index (χ2v) is 4.11. The summed E-state index contributed by atoms with van der Waals surface area (Å²) in [5.41, 5.74) is 0.375. The molecule has 1 aromatic rings. The lowest BCUT2D eigenvalue weighted by molar-refractivity contribution is -0.384. The minimum atomic E-state index is -0.460. The average Bonchev–Trinajstić information content (AvgIpc) is 2.35. The molecule has 1 rings (SSSR count). The molecule has 6 heteroatoms. The molecule has 1 atom stereocenters. The standard InChI is InChI=1S/C12H18N2O4/c1-9(6-7-15)8-13-10-4-3-5-11(18-2)12(10)14(16)17/h3-5,9,13,15H,6-8H2,1-2H3. The van der Waals surface area contributed by atoms with Crippen molar-refractivity contribution in [2.45, 2.75) is 13.3 Å². The highest BCUT2D eigenvalue weighted by atomic mass is 16.6. The van der Waals surface area contributed by atoms with Gasteiger partial charge in [-0.3, -0.25) is 10.1 Å². The molecule has 0 spiro atoms. The predicted octanol–water partition coefficient (Wildman–Crippen LogP) is 2.03. The van der Waals surface area contributed by atoms with E-state index in [2.05, 4.69) is 5.32 Å². The Bertz CT molecular complexity index is 409. The van der Waals surface area contributed by atoms with Crippen LogP contribution in [0.3, 0.4) is 0 Å². The summed E-state index contributed by atoms with van der Waals surface area (Å²) < 4.78 is 4.98. The van der Waals surface area contributed by atoms with E-state index in [0.717, 1.165) is 0 Å². The summed E-state index contributed by atoms with van der Waals surface area (Å²) in [5.74, 6) is 0.473. The van der Waals surface area contributed by atoms with Crippen molar-refractivity contribution in [3.05, 3.63) is 28.3 Å². The number of nitro benzene ring substituents is 1. The van der Waals surface area contributed by atoms with E-state index in [0.29, 0.717) is 18.7 Å². The zero-order chi connectivity index (χ0) is 13.5. The number of aliphatic hydroxyl groups is 1. The van der Waals surface area contributed by atoms with Crippen LogP contribution in [0.15, 0.2) is 18.2 Å². The number of methoxy groups -OCH3 is 1. The van der Waals surface area contributed by atoms with Crippen LogP contribution in [0.4, 0.5) is 11.4 Å². The number of nitro groups is 1. The Balaban J connectivity index is 2.85. The van der Waals surface area contributed by atoms with E-state index < -0.39 is 4.92 Å². The molecule has 0 amide bonds. The van der Waals surface area contributed by atoms with Gasteiger partial charge in [-0.25, -0.2) is 0 Å². The maximum atomic E-state index is 11.0. The molecule has 0 aliphatic rings. The SMILES string of the molecule is COc1cccc(NCC(C)CCO)c1[N+](=O)[O-]. The van der Waals surface area contributed by atoms with E-state index in [9.17, 15) is 10.1 Å². The van der Waals surface area contributed by atoms with Gasteiger partial charge in [0.1, 0.15) is 5.69 Å². The molecule has 0 saturated heterocycles. The van der Waals surface area contributed by atoms with Crippen molar-refractivity contribution in [3.63, 3.8) is 0 Å². The first kappa shape index (κ1) is 14.2. The van der Waals surface area contributed by atoms with Crippen molar-refractivity contribution >= 4 is 11.4 Å². The van der Waals surface area contributed by atoms with E-state index in [-0.39, 0.29) is 24.0 Å². The van der Waals surface area contributed by atoms with Gasteiger partial charge in [0.25, 0.3) is 0 Å². The Morgan fingerprint density at radius 3 is 2.83 bits per heavy atom. The van der Waals surface area contributed by atoms with Crippen molar-refractivity contribution in [1.82, 2.24) is 0 Å². The first-order valence-electron chi connectivity index (χ1n) is 5.76. The Kier molecular flexibility index (Phi) is 5.38. The van der Waals surface area contributed by atoms with Crippen LogP contribution < -0.4 is 10.1 Å². The quantitative estimate of drug-likeness (QED) is 0.574. The molecule has 0 aliphatic carbocycles. The highest BCUT2D eigenvalue weighted by Crippen LogP contribution is 2.34. The van der Waals surface area contributed by atoms with Crippen LogP contribution in [0.5, 0.6) is 5.75 Å². The fourth-order valence-electron chi connectivity index (χ4n) is 1.62. The fourth-order valence-corrected chi connectivity index (χ4v) is 1.62. The van der Waals surface area contributed by atoms with Gasteiger partial charge >= 0.3 is 5.69 Å². The van der Waals surface area contributed by atoms with E-state index in [4.69, 9.17) is 9.84 Å². The Labute approximate surface area is 106 Å². The van der Waals surface area contributed by atoms with Crippen molar-refractivity contribution in [2.24, 2.45) is 5.92 Å². The molecule has 1 unspecified atom stereocenters. The minimum Gasteiger partial charge on any atom is -0.490 e. The van der Waals surface area contributed by atoms with Crippen LogP contribution >= 0.6 is 0 Å². The number of anilines is 1. The molecular formula is C12H18N2O4. The van der Waals surface area contributed by atoms with E-state index >= 15 is 0 Å². The summed E-state index contributed by atoms with van der Waals surface area (Å²) in [7, 11) is 1.40. The Morgan fingerprint density at radius 2 is 2.28 bits per heavy atom. The van der Waals surface area contributed by atoms with Gasteiger partial charge in [-0.2, -0.15) is 0 Å². The first-order valence-corrected chi connectivity index (χ1v) is 5.76. The van der Waals surface area contributed by atoms with E-state index in [1.54, 1.807) is 18.2 Å². The van der Waals surface area contributed by atoms with Gasteiger partial charge in [0, 0.05) is 13.2 Å². The summed E-state index contributed by atoms with van der Waals surface area (Å²) in [6.45, 7) is 2.65. The number of benzene rings is 1. The van der Waals surface area contributed by atoms with E-state index in [1.807, 2.05) is 6.92 Å². The molecule has 6 nitrogen and oxygen atoms in total. The Morgan fingerprint density at radius 1 is 1.56 bits per heavy atom. The normalized spacial score (nSPS) is 11.9. The largest absolute Gasteiger partial charge is 0.490 e. The van der Waals surface area contributed by atoms with Crippen molar-refractivity contribution in [1.29, 1.82) is 0 Å². The number of rotatable bonds is 7. The van der Waals surface area contributed by atoms with Gasteiger partial charge in [-0.15, -0.1) is 0 Å². The van der Waals surface area contributed by atoms with Gasteiger partial charge in [0.2, 0.25) is 0 Å². The third-order valence-corrected chi connectivity index (χ3v) is 2.66. The zero-order valence-electron chi connectivity index (χ0n) is 10.5. The average molecular weight is 254 g/mol. The number of hydrogen-bond acceptors (Lipinski definition) is 5. The summed E-state index contributed by atoms with van der Waals surface area (Å²) in [6.07, 6.45) is 0.658. The molecule has 0 fully saturated rings. The number of aliphatic hydroxyl groups excluding tert-OH is 1. The molecule has 0 saturated carbocycles. The van der Waals surface area contributed by atoms with Crippen molar-refractivity contribution in [3.8, 4) is 5.75 Å². The van der Waals surface area contributed by atoms with Gasteiger partial charge in [0.15, 0.2) is 5.75 Å². The lowest BCUT2D eigenvalue weighted by Gasteiger charge is -2.13. The molecule has 100 valence electrons. The maximum Gasteiger partial charge on any atom is 0.333 e. The van der Waals surface area contributed by atoms with Crippen LogP contribution in [-0.2, 0) is 0 Å². The molecule has 0 aliphatic heterocycles. The summed E-state index contributed by atoms with van der Waals surface area (Å²) >= 11 is 0. The fraction of sp³-hybridized carbons (Fsp3) is 0.500. The van der Waals surface area contributed by atoms with Crippen molar-refractivity contribution in [2.75, 3.05) is 25.6 Å². The molecule has 0 radical (unpaired) electrons. The third kappa shape index (κ3) is 3.59. The topological polar surface area (TPSA) is 84.6 Å². The molecule has 0 bridgehead atoms. The van der Waals surface area contributed by atoms with Crippen LogP contribution in [0.1, 0.15) is 13.3 Å². The van der Waals surface area contributed by atoms with Gasteiger partial charge in [0.05, 0.1) is 12.0 Å². The van der Waals surface area contributed by atoms with Gasteiger partial charge in [-0.05, 0) is 24.5 Å². The summed E-state index contributed by atoms with van der Waals surface area (Å²) in [4.78, 5) is 10.6. The van der Waals surface area contributed by atoms with Crippen LogP contribution in [0.2, 0.25) is 0 Å². The minimum absolute atomic E-state index is 0.0591. The molecule has 18 heavy (non-hydrogen) atoms. The maximum absolute atomic E-state index is 11.0. The van der Waals surface area contributed by atoms with Crippen LogP contribution in [0, 0.1) is 16.0 Å². The zero-order valence-corrected chi connectivity index (χ0v) is 10.5. The molecular weight excluding hydrogens is 236 g/mol. The van der Waals surface area contributed by atoms with Gasteiger partial charge < -0.3 is 15.2 Å². The smallest absolute Gasteiger partial charge is 0.333 e. The molecule has 1 aromatic carbocycles. The first-order chi connectivity index (χ1) is 8.60. The highest BCUT2D eigenvalue weighted by molar-refractivity contribution is 5.68. The lowest BCUT2D eigenvalue weighted by Crippen LogP contribution is -2.13. The van der Waals surface area contributed by atoms with Crippen molar-refractivity contribution < 1.29 is 14.8 Å². The second-order valence-electron chi connectivity index (χ2n) is 4.11. The third-order valence-electron chi connectivity index (χ3n) is 2.66. The molecule has 2 N–H and O–H groups in total. The summed E-state index contributed by atoms with van der Waals surface area (Å²) in [6, 6.07) is 4.90. The monoisotopic (exact) mass is 254 g/mol. The number of para-hydroxylation sites is 1. The number of nitrogens with one attached hydrogen (secondary N) is 1. The molecule has 0 heterocycles. The predicted molar refractivity (Wildman–Crippen MR) is 69.0 cm³/mol. The summed E-state index contributed by atoms with van der Waals surface area (Å²) in [5, 5.41) is 22.8. The van der Waals surface area contributed by atoms with Crippen LogP contribution in [0.25, 0.3) is 0 Å². The number of nitrogens with zero attached hydrogens (tertiary/aromatic N) is 1. The highest BCUT2D eigenvalue weighted by Gasteiger charge is 2.20. The number of ether oxygens (including phenoxy) is 1. The Hall–Kier alpha value is -1.82. The molecule has 0 aromatic heterocycles.